The van der Waals surface area contributed by atoms with Gasteiger partial charge in [0.05, 0.1) is 11.4 Å². The smallest absolute Gasteiger partial charge is 0.185 e. The van der Waals surface area contributed by atoms with Crippen LogP contribution in [0.3, 0.4) is 0 Å². The first kappa shape index (κ1) is 15.6. The van der Waals surface area contributed by atoms with Gasteiger partial charge in [-0.2, -0.15) is 10.2 Å². The topological polar surface area (TPSA) is 78.5 Å². The lowest BCUT2D eigenvalue weighted by molar-refractivity contribution is 0.104. The van der Waals surface area contributed by atoms with Crippen molar-refractivity contribution in [2.45, 2.75) is 0 Å². The fourth-order valence-electron chi connectivity index (χ4n) is 2.47. The van der Waals surface area contributed by atoms with Gasteiger partial charge in [0.1, 0.15) is 25.3 Å². The lowest BCUT2D eigenvalue weighted by atomic mass is 10.1. The monoisotopic (exact) mass is 342 g/mol. The van der Waals surface area contributed by atoms with E-state index in [2.05, 4.69) is 20.2 Å². The van der Waals surface area contributed by atoms with Crippen molar-refractivity contribution >= 4 is 11.9 Å². The summed E-state index contributed by atoms with van der Waals surface area (Å²) in [5.74, 6) is -0.0597. The van der Waals surface area contributed by atoms with Gasteiger partial charge in [0, 0.05) is 5.56 Å². The normalized spacial score (nSPS) is 11.1. The molecule has 7 nitrogen and oxygen atoms in total. The van der Waals surface area contributed by atoms with E-state index < -0.39 is 0 Å². The Balaban J connectivity index is 1.45. The zero-order chi connectivity index (χ0) is 17.8. The van der Waals surface area contributed by atoms with E-state index in [0.29, 0.717) is 5.56 Å². The summed E-state index contributed by atoms with van der Waals surface area (Å²) < 4.78 is 3.32. The first-order valence-electron chi connectivity index (χ1n) is 7.92. The van der Waals surface area contributed by atoms with Crippen LogP contribution in [0.5, 0.6) is 0 Å². The quantitative estimate of drug-likeness (QED) is 0.412. The van der Waals surface area contributed by atoms with Crippen molar-refractivity contribution in [3.8, 4) is 11.4 Å². The molecule has 0 saturated carbocycles. The van der Waals surface area contributed by atoms with E-state index in [0.717, 1.165) is 16.9 Å². The van der Waals surface area contributed by atoms with Gasteiger partial charge in [-0.25, -0.2) is 19.3 Å². The number of hydrogen-bond donors (Lipinski definition) is 0. The van der Waals surface area contributed by atoms with Crippen LogP contribution in [0.1, 0.15) is 15.9 Å². The molecule has 2 aromatic carbocycles. The maximum absolute atomic E-state index is 12.3. The Hall–Kier alpha value is -3.87. The summed E-state index contributed by atoms with van der Waals surface area (Å²) in [7, 11) is 0. The molecule has 0 unspecified atom stereocenters. The maximum Gasteiger partial charge on any atom is 0.185 e. The second kappa shape index (κ2) is 6.94. The van der Waals surface area contributed by atoms with Crippen LogP contribution < -0.4 is 0 Å². The third-order valence-electron chi connectivity index (χ3n) is 3.84. The van der Waals surface area contributed by atoms with Crippen LogP contribution in [0, 0.1) is 0 Å². The van der Waals surface area contributed by atoms with Gasteiger partial charge >= 0.3 is 0 Å². The zero-order valence-corrected chi connectivity index (χ0v) is 13.7. The van der Waals surface area contributed by atoms with Crippen molar-refractivity contribution in [2.24, 2.45) is 0 Å². The van der Waals surface area contributed by atoms with E-state index in [1.807, 2.05) is 36.4 Å². The Morgan fingerprint density at radius 2 is 1.31 bits per heavy atom. The highest BCUT2D eigenvalue weighted by atomic mass is 16.1. The number of rotatable bonds is 5. The number of carbonyl (C=O) groups excluding carboxylic acids is 1. The molecular formula is C19H14N6O. The maximum atomic E-state index is 12.3. The summed E-state index contributed by atoms with van der Waals surface area (Å²) in [6, 6.07) is 14.9. The third-order valence-corrected chi connectivity index (χ3v) is 3.84. The number of ketones is 1. The molecule has 0 fully saturated rings. The second-order valence-electron chi connectivity index (χ2n) is 5.52. The summed E-state index contributed by atoms with van der Waals surface area (Å²) in [4.78, 5) is 20.2. The first-order chi connectivity index (χ1) is 12.8. The molecule has 0 atom stereocenters. The third kappa shape index (κ3) is 3.32. The lowest BCUT2D eigenvalue weighted by Crippen LogP contribution is -1.97. The minimum Gasteiger partial charge on any atom is -0.289 e. The van der Waals surface area contributed by atoms with Crippen LogP contribution in [0.25, 0.3) is 17.5 Å². The average Bonchev–Trinajstić information content (AvgIpc) is 3.40. The molecule has 7 heteroatoms. The van der Waals surface area contributed by atoms with Gasteiger partial charge in [-0.05, 0) is 48.0 Å². The fourth-order valence-corrected chi connectivity index (χ4v) is 2.47. The van der Waals surface area contributed by atoms with Gasteiger partial charge < -0.3 is 0 Å². The number of hydrogen-bond acceptors (Lipinski definition) is 5. The van der Waals surface area contributed by atoms with Gasteiger partial charge in [-0.15, -0.1) is 0 Å². The number of allylic oxidation sites excluding steroid dienone is 1. The van der Waals surface area contributed by atoms with E-state index in [-0.39, 0.29) is 5.78 Å². The molecular weight excluding hydrogens is 328 g/mol. The Morgan fingerprint density at radius 3 is 1.81 bits per heavy atom. The molecule has 2 aromatic heterocycles. The molecule has 0 spiro atoms. The molecule has 0 amide bonds. The molecule has 0 saturated heterocycles. The van der Waals surface area contributed by atoms with Crippen molar-refractivity contribution in [3.63, 3.8) is 0 Å². The van der Waals surface area contributed by atoms with Gasteiger partial charge in [-0.3, -0.25) is 4.79 Å². The van der Waals surface area contributed by atoms with E-state index in [9.17, 15) is 4.79 Å². The van der Waals surface area contributed by atoms with Crippen LogP contribution in [0.4, 0.5) is 0 Å². The summed E-state index contributed by atoms with van der Waals surface area (Å²) in [6.45, 7) is 0. The first-order valence-corrected chi connectivity index (χ1v) is 7.92. The van der Waals surface area contributed by atoms with Crippen LogP contribution in [-0.4, -0.2) is 35.3 Å². The SMILES string of the molecule is O=C(/C=C/c1ccc(-n2cncn2)cc1)c1ccc(-n2cncn2)cc1. The fraction of sp³-hybridized carbons (Fsp3) is 0. The predicted molar refractivity (Wildman–Crippen MR) is 96.1 cm³/mol. The van der Waals surface area contributed by atoms with E-state index in [1.54, 1.807) is 46.3 Å². The Kier molecular flexibility index (Phi) is 4.17. The zero-order valence-electron chi connectivity index (χ0n) is 13.7. The highest BCUT2D eigenvalue weighted by Crippen LogP contribution is 2.12. The summed E-state index contributed by atoms with van der Waals surface area (Å²) in [5.41, 5.74) is 3.31. The van der Waals surface area contributed by atoms with Crippen LogP contribution in [0.15, 0.2) is 79.9 Å². The molecule has 0 aliphatic carbocycles. The highest BCUT2D eigenvalue weighted by Gasteiger charge is 2.03. The lowest BCUT2D eigenvalue weighted by Gasteiger charge is -2.02. The van der Waals surface area contributed by atoms with Gasteiger partial charge in [-0.1, -0.05) is 18.2 Å². The van der Waals surface area contributed by atoms with Gasteiger partial charge in [0.15, 0.2) is 5.78 Å². The molecule has 0 bridgehead atoms. The van der Waals surface area contributed by atoms with Gasteiger partial charge in [0.2, 0.25) is 0 Å². The second-order valence-corrected chi connectivity index (χ2v) is 5.52. The molecule has 2 heterocycles. The summed E-state index contributed by atoms with van der Waals surface area (Å²) >= 11 is 0. The Bertz CT molecular complexity index is 1020. The standard InChI is InChI=1S/C19H14N6O/c26-19(16-4-8-18(9-5-16)25-14-21-12-23-25)10-3-15-1-6-17(7-2-15)24-13-20-11-22-24/h1-14H/b10-3+. The number of carbonyl (C=O) groups is 1. The summed E-state index contributed by atoms with van der Waals surface area (Å²) in [6.07, 6.45) is 9.56. The van der Waals surface area contributed by atoms with Crippen molar-refractivity contribution in [1.29, 1.82) is 0 Å². The number of nitrogens with zero attached hydrogens (tertiary/aromatic N) is 6. The van der Waals surface area contributed by atoms with E-state index in [4.69, 9.17) is 0 Å². The van der Waals surface area contributed by atoms with Crippen molar-refractivity contribution in [1.82, 2.24) is 29.5 Å². The highest BCUT2D eigenvalue weighted by molar-refractivity contribution is 6.06. The van der Waals surface area contributed by atoms with Gasteiger partial charge in [0.25, 0.3) is 0 Å². The van der Waals surface area contributed by atoms with Crippen molar-refractivity contribution in [3.05, 3.63) is 91.0 Å². The molecule has 4 aromatic rings. The average molecular weight is 342 g/mol. The minimum absolute atomic E-state index is 0.0597. The Labute approximate surface area is 149 Å². The van der Waals surface area contributed by atoms with Crippen LogP contribution in [0.2, 0.25) is 0 Å². The van der Waals surface area contributed by atoms with Crippen molar-refractivity contribution in [2.75, 3.05) is 0 Å². The molecule has 0 aliphatic rings. The Morgan fingerprint density at radius 1 is 0.769 bits per heavy atom. The molecule has 4 rings (SSSR count). The predicted octanol–water partition coefficient (Wildman–Crippen LogP) is 2.74. The molecule has 0 aliphatic heterocycles. The molecule has 126 valence electrons. The molecule has 0 radical (unpaired) electrons. The molecule has 0 N–H and O–H groups in total. The summed E-state index contributed by atoms with van der Waals surface area (Å²) in [5, 5.41) is 8.14. The van der Waals surface area contributed by atoms with E-state index in [1.165, 1.54) is 12.7 Å². The largest absolute Gasteiger partial charge is 0.289 e. The number of aromatic nitrogens is 6. The van der Waals surface area contributed by atoms with Crippen LogP contribution in [-0.2, 0) is 0 Å². The molecule has 26 heavy (non-hydrogen) atoms. The van der Waals surface area contributed by atoms with Crippen LogP contribution >= 0.6 is 0 Å². The van der Waals surface area contributed by atoms with Crippen molar-refractivity contribution < 1.29 is 4.79 Å². The van der Waals surface area contributed by atoms with E-state index >= 15 is 0 Å². The number of benzene rings is 2. The minimum atomic E-state index is -0.0597.